The van der Waals surface area contributed by atoms with Gasteiger partial charge in [-0.15, -0.1) is 0 Å². The highest BCUT2D eigenvalue weighted by atomic mass is 19.1. The van der Waals surface area contributed by atoms with Gasteiger partial charge in [-0.25, -0.2) is 4.39 Å². The van der Waals surface area contributed by atoms with E-state index in [1.165, 1.54) is 11.0 Å². The van der Waals surface area contributed by atoms with Gasteiger partial charge in [0.15, 0.2) is 0 Å². The Kier molecular flexibility index (Phi) is 8.13. The van der Waals surface area contributed by atoms with Crippen LogP contribution in [0.25, 0.3) is 0 Å². The number of halogens is 1. The number of para-hydroxylation sites is 1. The maximum absolute atomic E-state index is 14.1. The van der Waals surface area contributed by atoms with Gasteiger partial charge in [0.25, 0.3) is 0 Å². The molecule has 4 rings (SSSR count). The molecule has 2 aliphatic rings. The lowest BCUT2D eigenvalue weighted by Crippen LogP contribution is -2.38. The van der Waals surface area contributed by atoms with E-state index in [2.05, 4.69) is 17.3 Å². The first-order valence-corrected chi connectivity index (χ1v) is 11.8. The lowest BCUT2D eigenvalue weighted by Gasteiger charge is -2.31. The summed E-state index contributed by atoms with van der Waals surface area (Å²) < 4.78 is 25.4. The van der Waals surface area contributed by atoms with Crippen molar-refractivity contribution in [3.8, 4) is 5.75 Å². The predicted molar refractivity (Wildman–Crippen MR) is 127 cm³/mol. The monoisotopic (exact) mass is 469 g/mol. The molecule has 2 heterocycles. The molecule has 2 fully saturated rings. The zero-order valence-corrected chi connectivity index (χ0v) is 19.5. The van der Waals surface area contributed by atoms with Gasteiger partial charge in [-0.1, -0.05) is 24.3 Å². The fourth-order valence-corrected chi connectivity index (χ4v) is 4.48. The highest BCUT2D eigenvalue weighted by Crippen LogP contribution is 2.27. The van der Waals surface area contributed by atoms with Gasteiger partial charge in [0.1, 0.15) is 18.2 Å². The minimum atomic E-state index is -0.507. The van der Waals surface area contributed by atoms with Crippen molar-refractivity contribution in [2.24, 2.45) is 5.92 Å². The van der Waals surface area contributed by atoms with Crippen molar-refractivity contribution in [3.05, 3.63) is 59.9 Å². The summed E-state index contributed by atoms with van der Waals surface area (Å²) in [5.41, 5.74) is 1.13. The summed E-state index contributed by atoms with van der Waals surface area (Å²) in [4.78, 5) is 28.7. The lowest BCUT2D eigenvalue weighted by atomic mass is 10.1. The van der Waals surface area contributed by atoms with E-state index in [1.807, 2.05) is 24.3 Å². The van der Waals surface area contributed by atoms with Crippen molar-refractivity contribution in [1.82, 2.24) is 10.2 Å². The zero-order chi connectivity index (χ0) is 23.9. The number of likely N-dealkylation sites (N-methyl/N-ethyl adjacent to an activating group) is 1. The summed E-state index contributed by atoms with van der Waals surface area (Å²) in [6.45, 7) is 3.57. The van der Waals surface area contributed by atoms with E-state index < -0.39 is 11.7 Å². The van der Waals surface area contributed by atoms with Gasteiger partial charge >= 0.3 is 0 Å². The second-order valence-corrected chi connectivity index (χ2v) is 8.89. The number of carbonyl (C=O) groups excluding carboxylic acids is 2. The molecule has 34 heavy (non-hydrogen) atoms. The first-order valence-electron chi connectivity index (χ1n) is 11.8. The first-order chi connectivity index (χ1) is 16.5. The molecule has 2 aromatic rings. The number of carbonyl (C=O) groups is 2. The number of nitrogens with zero attached hydrogens (tertiary/aromatic N) is 2. The van der Waals surface area contributed by atoms with E-state index >= 15 is 0 Å². The van der Waals surface area contributed by atoms with E-state index in [9.17, 15) is 14.0 Å². The third-order valence-electron chi connectivity index (χ3n) is 6.53. The van der Waals surface area contributed by atoms with Gasteiger partial charge in [-0.2, -0.15) is 0 Å². The summed E-state index contributed by atoms with van der Waals surface area (Å²) in [5, 5.41) is 2.91. The van der Waals surface area contributed by atoms with Crippen LogP contribution in [-0.4, -0.2) is 62.7 Å². The van der Waals surface area contributed by atoms with Gasteiger partial charge < -0.3 is 19.7 Å². The fraction of sp³-hybridized carbons (Fsp3) is 0.462. The topological polar surface area (TPSA) is 71.1 Å². The van der Waals surface area contributed by atoms with Crippen molar-refractivity contribution in [1.29, 1.82) is 0 Å². The summed E-state index contributed by atoms with van der Waals surface area (Å²) in [6.07, 6.45) is 2.18. The number of ether oxygens (including phenoxy) is 2. The van der Waals surface area contributed by atoms with Crippen LogP contribution in [0.5, 0.6) is 5.75 Å². The Bertz CT molecular complexity index is 996. The van der Waals surface area contributed by atoms with Crippen LogP contribution in [0.3, 0.4) is 0 Å². The molecule has 0 bridgehead atoms. The van der Waals surface area contributed by atoms with Gasteiger partial charge in [-0.3, -0.25) is 14.5 Å². The summed E-state index contributed by atoms with van der Waals surface area (Å²) >= 11 is 0. The quantitative estimate of drug-likeness (QED) is 0.612. The standard InChI is InChI=1S/C26H32FN3O4/c1-29(21-9-12-33-13-10-21)11-14-34-22-6-4-5-19(15-22)17-28-26(32)20-16-25(31)30(18-20)24-8-3-2-7-23(24)27/h2-8,15,20-21H,9-14,16-18H2,1H3,(H,28,32). The molecule has 1 unspecified atom stereocenters. The summed E-state index contributed by atoms with van der Waals surface area (Å²) in [6, 6.07) is 14.3. The van der Waals surface area contributed by atoms with Gasteiger partial charge in [0.05, 0.1) is 11.6 Å². The van der Waals surface area contributed by atoms with E-state index in [0.717, 1.165) is 43.9 Å². The van der Waals surface area contributed by atoms with Crippen molar-refractivity contribution in [2.75, 3.05) is 44.9 Å². The second kappa shape index (κ2) is 11.4. The molecule has 0 aromatic heterocycles. The minimum absolute atomic E-state index is 0.0734. The molecule has 182 valence electrons. The normalized spacial score (nSPS) is 19.0. The number of rotatable bonds is 9. The molecule has 1 atom stereocenters. The summed E-state index contributed by atoms with van der Waals surface area (Å²) in [7, 11) is 2.12. The molecular formula is C26H32FN3O4. The van der Waals surface area contributed by atoms with Crippen molar-refractivity contribution in [3.63, 3.8) is 0 Å². The SMILES string of the molecule is CN(CCOc1cccc(CNC(=O)C2CC(=O)N(c3ccccc3F)C2)c1)C1CCOCC1. The molecule has 2 saturated heterocycles. The fourth-order valence-electron chi connectivity index (χ4n) is 4.48. The van der Waals surface area contributed by atoms with E-state index in [4.69, 9.17) is 9.47 Å². The third kappa shape index (κ3) is 6.12. The number of anilines is 1. The number of hydrogen-bond donors (Lipinski definition) is 1. The maximum Gasteiger partial charge on any atom is 0.227 e. The van der Waals surface area contributed by atoms with Crippen LogP contribution in [0.2, 0.25) is 0 Å². The third-order valence-corrected chi connectivity index (χ3v) is 6.53. The molecule has 2 amide bonds. The van der Waals surface area contributed by atoms with Crippen LogP contribution in [-0.2, 0) is 20.9 Å². The largest absolute Gasteiger partial charge is 0.492 e. The van der Waals surface area contributed by atoms with Crippen LogP contribution in [0.1, 0.15) is 24.8 Å². The second-order valence-electron chi connectivity index (χ2n) is 8.89. The molecule has 2 aliphatic heterocycles. The number of benzene rings is 2. The molecule has 0 spiro atoms. The molecule has 0 saturated carbocycles. The average Bonchev–Trinajstić information content (AvgIpc) is 3.25. The molecule has 2 aromatic carbocycles. The maximum atomic E-state index is 14.1. The molecule has 0 radical (unpaired) electrons. The van der Waals surface area contributed by atoms with Crippen LogP contribution in [0.4, 0.5) is 10.1 Å². The molecule has 7 nitrogen and oxygen atoms in total. The van der Waals surface area contributed by atoms with E-state index in [1.54, 1.807) is 18.2 Å². The van der Waals surface area contributed by atoms with Gasteiger partial charge in [-0.05, 0) is 49.7 Å². The van der Waals surface area contributed by atoms with Gasteiger partial charge in [0, 0.05) is 45.3 Å². The zero-order valence-electron chi connectivity index (χ0n) is 19.5. The number of amides is 2. The number of hydrogen-bond acceptors (Lipinski definition) is 5. The summed E-state index contributed by atoms with van der Waals surface area (Å²) in [5.74, 6) is -0.670. The molecular weight excluding hydrogens is 437 g/mol. The van der Waals surface area contributed by atoms with Crippen molar-refractivity contribution < 1.29 is 23.5 Å². The van der Waals surface area contributed by atoms with Crippen molar-refractivity contribution >= 4 is 17.5 Å². The number of nitrogens with one attached hydrogen (secondary N) is 1. The Hall–Kier alpha value is -2.97. The average molecular weight is 470 g/mol. The van der Waals surface area contributed by atoms with Crippen LogP contribution in [0.15, 0.2) is 48.5 Å². The van der Waals surface area contributed by atoms with Crippen LogP contribution < -0.4 is 15.0 Å². The Morgan fingerprint density at radius 2 is 2.00 bits per heavy atom. The van der Waals surface area contributed by atoms with Crippen molar-refractivity contribution in [2.45, 2.75) is 31.8 Å². The Morgan fingerprint density at radius 3 is 2.79 bits per heavy atom. The minimum Gasteiger partial charge on any atom is -0.492 e. The lowest BCUT2D eigenvalue weighted by molar-refractivity contribution is -0.126. The molecule has 1 N–H and O–H groups in total. The van der Waals surface area contributed by atoms with Gasteiger partial charge in [0.2, 0.25) is 11.8 Å². The molecule has 0 aliphatic carbocycles. The smallest absolute Gasteiger partial charge is 0.227 e. The van der Waals surface area contributed by atoms with Crippen LogP contribution in [0, 0.1) is 11.7 Å². The van der Waals surface area contributed by atoms with E-state index in [0.29, 0.717) is 19.2 Å². The Morgan fingerprint density at radius 1 is 1.21 bits per heavy atom. The highest BCUT2D eigenvalue weighted by Gasteiger charge is 2.36. The highest BCUT2D eigenvalue weighted by molar-refractivity contribution is 6.00. The molecule has 8 heteroatoms. The van der Waals surface area contributed by atoms with Crippen LogP contribution >= 0.6 is 0 Å². The Balaban J connectivity index is 1.24. The first kappa shape index (κ1) is 24.2. The Labute approximate surface area is 199 Å². The predicted octanol–water partition coefficient (Wildman–Crippen LogP) is 2.98. The van der Waals surface area contributed by atoms with E-state index in [-0.39, 0.29) is 30.5 Å².